The Balaban J connectivity index is 2.15. The van der Waals surface area contributed by atoms with E-state index in [1.807, 2.05) is 0 Å². The van der Waals surface area contributed by atoms with Gasteiger partial charge in [0, 0.05) is 10.0 Å². The molecule has 3 aromatic rings. The maximum Gasteiger partial charge on any atom is 0.435 e. The van der Waals surface area contributed by atoms with Crippen molar-refractivity contribution in [3.05, 3.63) is 64.8 Å². The number of halogens is 4. The lowest BCUT2D eigenvalue weighted by Crippen LogP contribution is -2.07. The van der Waals surface area contributed by atoms with Crippen LogP contribution in [0.25, 0.3) is 16.9 Å². The molecule has 1 aromatic heterocycles. The zero-order valence-corrected chi connectivity index (χ0v) is 14.1. The van der Waals surface area contributed by atoms with Crippen LogP contribution in [0, 0.1) is 0 Å². The molecule has 0 saturated carbocycles. The van der Waals surface area contributed by atoms with E-state index in [9.17, 15) is 13.2 Å². The van der Waals surface area contributed by atoms with Crippen LogP contribution in [0.4, 0.5) is 13.2 Å². The summed E-state index contributed by atoms with van der Waals surface area (Å²) in [5, 5.41) is 3.75. The van der Waals surface area contributed by atoms with Gasteiger partial charge < -0.3 is 4.74 Å². The third-order valence-electron chi connectivity index (χ3n) is 3.46. The molecule has 0 N–H and O–H groups in total. The third kappa shape index (κ3) is 3.31. The highest BCUT2D eigenvalue weighted by Gasteiger charge is 2.35. The van der Waals surface area contributed by atoms with Crippen molar-refractivity contribution in [1.29, 1.82) is 0 Å². The van der Waals surface area contributed by atoms with Gasteiger partial charge in [-0.2, -0.15) is 18.3 Å². The minimum Gasteiger partial charge on any atom is -0.497 e. The van der Waals surface area contributed by atoms with Crippen molar-refractivity contribution in [3.63, 3.8) is 0 Å². The molecule has 0 amide bonds. The van der Waals surface area contributed by atoms with Gasteiger partial charge in [-0.15, -0.1) is 0 Å². The zero-order valence-electron chi connectivity index (χ0n) is 12.5. The van der Waals surface area contributed by atoms with Gasteiger partial charge in [0.2, 0.25) is 0 Å². The molecule has 0 radical (unpaired) electrons. The molecule has 0 aliphatic rings. The molecule has 24 heavy (non-hydrogen) atoms. The van der Waals surface area contributed by atoms with Gasteiger partial charge in [-0.05, 0) is 42.5 Å². The van der Waals surface area contributed by atoms with Crippen molar-refractivity contribution >= 4 is 15.9 Å². The maximum absolute atomic E-state index is 13.1. The van der Waals surface area contributed by atoms with E-state index in [1.54, 1.807) is 48.5 Å². The molecular formula is C17H12BrF3N2O. The highest BCUT2D eigenvalue weighted by atomic mass is 79.9. The number of ether oxygens (including phenoxy) is 1. The molecular weight excluding hydrogens is 385 g/mol. The second kappa shape index (κ2) is 6.32. The first-order valence-corrected chi connectivity index (χ1v) is 7.75. The van der Waals surface area contributed by atoms with Gasteiger partial charge in [-0.3, -0.25) is 0 Å². The first kappa shape index (κ1) is 16.6. The van der Waals surface area contributed by atoms with E-state index in [0.29, 0.717) is 22.7 Å². The SMILES string of the molecule is COc1ccc(-n2nc(C(F)(F)F)cc2-c2ccc(Br)cc2)cc1. The first-order valence-electron chi connectivity index (χ1n) is 6.96. The van der Waals surface area contributed by atoms with Gasteiger partial charge >= 0.3 is 6.18 Å². The predicted octanol–water partition coefficient (Wildman–Crippen LogP) is 5.33. The quantitative estimate of drug-likeness (QED) is 0.598. The Morgan fingerprint density at radius 3 is 2.17 bits per heavy atom. The zero-order chi connectivity index (χ0) is 17.3. The molecule has 1 heterocycles. The molecule has 7 heteroatoms. The van der Waals surface area contributed by atoms with Crippen molar-refractivity contribution in [2.75, 3.05) is 7.11 Å². The fourth-order valence-corrected chi connectivity index (χ4v) is 2.53. The summed E-state index contributed by atoms with van der Waals surface area (Å²) in [5.74, 6) is 0.618. The fourth-order valence-electron chi connectivity index (χ4n) is 2.27. The number of hydrogen-bond acceptors (Lipinski definition) is 2. The maximum atomic E-state index is 13.1. The molecule has 124 valence electrons. The molecule has 0 fully saturated rings. The molecule has 3 rings (SSSR count). The summed E-state index contributed by atoms with van der Waals surface area (Å²) in [4.78, 5) is 0. The van der Waals surface area contributed by atoms with Gasteiger partial charge in [0.05, 0.1) is 18.5 Å². The van der Waals surface area contributed by atoms with Gasteiger partial charge in [0.15, 0.2) is 5.69 Å². The molecule has 2 aromatic carbocycles. The lowest BCUT2D eigenvalue weighted by Gasteiger charge is -2.08. The average Bonchev–Trinajstić information content (AvgIpc) is 3.01. The van der Waals surface area contributed by atoms with Crippen LogP contribution < -0.4 is 4.74 Å². The molecule has 0 unspecified atom stereocenters. The predicted molar refractivity (Wildman–Crippen MR) is 88.3 cm³/mol. The third-order valence-corrected chi connectivity index (χ3v) is 3.99. The molecule has 0 atom stereocenters. The summed E-state index contributed by atoms with van der Waals surface area (Å²) in [7, 11) is 1.53. The number of benzene rings is 2. The lowest BCUT2D eigenvalue weighted by molar-refractivity contribution is -0.141. The summed E-state index contributed by atoms with van der Waals surface area (Å²) < 4.78 is 46.5. The Labute approximate surface area is 144 Å². The van der Waals surface area contributed by atoms with E-state index in [0.717, 1.165) is 10.5 Å². The second-order valence-corrected chi connectivity index (χ2v) is 5.94. The van der Waals surface area contributed by atoms with E-state index in [1.165, 1.54) is 11.8 Å². The highest BCUT2D eigenvalue weighted by Crippen LogP contribution is 2.33. The van der Waals surface area contributed by atoms with Crippen LogP contribution in [0.5, 0.6) is 5.75 Å². The summed E-state index contributed by atoms with van der Waals surface area (Å²) in [5.41, 5.74) is 0.581. The number of alkyl halides is 3. The Hall–Kier alpha value is -2.28. The summed E-state index contributed by atoms with van der Waals surface area (Å²) in [6, 6.07) is 14.7. The van der Waals surface area contributed by atoms with E-state index in [-0.39, 0.29) is 0 Å². The van der Waals surface area contributed by atoms with Crippen LogP contribution in [-0.4, -0.2) is 16.9 Å². The van der Waals surface area contributed by atoms with Crippen molar-refractivity contribution in [2.45, 2.75) is 6.18 Å². The van der Waals surface area contributed by atoms with Crippen LogP contribution >= 0.6 is 15.9 Å². The largest absolute Gasteiger partial charge is 0.497 e. The average molecular weight is 397 g/mol. The number of hydrogen-bond donors (Lipinski definition) is 0. The van der Waals surface area contributed by atoms with Crippen molar-refractivity contribution in [2.24, 2.45) is 0 Å². The van der Waals surface area contributed by atoms with Crippen LogP contribution in [0.3, 0.4) is 0 Å². The molecule has 0 aliphatic heterocycles. The molecule has 0 bridgehead atoms. The van der Waals surface area contributed by atoms with Crippen molar-refractivity contribution in [1.82, 2.24) is 9.78 Å². The number of aromatic nitrogens is 2. The van der Waals surface area contributed by atoms with Crippen LogP contribution in [0.2, 0.25) is 0 Å². The van der Waals surface area contributed by atoms with Gasteiger partial charge in [-0.1, -0.05) is 28.1 Å². The van der Waals surface area contributed by atoms with E-state index < -0.39 is 11.9 Å². The molecule has 0 aliphatic carbocycles. The normalized spacial score (nSPS) is 11.5. The van der Waals surface area contributed by atoms with E-state index in [4.69, 9.17) is 4.74 Å². The molecule has 3 nitrogen and oxygen atoms in total. The first-order chi connectivity index (χ1) is 11.4. The number of nitrogens with zero attached hydrogens (tertiary/aromatic N) is 2. The summed E-state index contributed by atoms with van der Waals surface area (Å²) in [6.45, 7) is 0. The molecule has 0 saturated heterocycles. The Bertz CT molecular complexity index is 840. The Morgan fingerprint density at radius 1 is 1.00 bits per heavy atom. The summed E-state index contributed by atoms with van der Waals surface area (Å²) >= 11 is 3.32. The topological polar surface area (TPSA) is 27.1 Å². The monoisotopic (exact) mass is 396 g/mol. The van der Waals surface area contributed by atoms with Crippen molar-refractivity contribution < 1.29 is 17.9 Å². The van der Waals surface area contributed by atoms with E-state index >= 15 is 0 Å². The smallest absolute Gasteiger partial charge is 0.435 e. The van der Waals surface area contributed by atoms with E-state index in [2.05, 4.69) is 21.0 Å². The minimum atomic E-state index is -4.51. The Morgan fingerprint density at radius 2 is 1.62 bits per heavy atom. The summed E-state index contributed by atoms with van der Waals surface area (Å²) in [6.07, 6.45) is -4.51. The fraction of sp³-hybridized carbons (Fsp3) is 0.118. The lowest BCUT2D eigenvalue weighted by atomic mass is 10.1. The van der Waals surface area contributed by atoms with Gasteiger partial charge in [0.25, 0.3) is 0 Å². The van der Waals surface area contributed by atoms with Crippen LogP contribution in [0.15, 0.2) is 59.1 Å². The standard InChI is InChI=1S/C17H12BrF3N2O/c1-24-14-8-6-13(7-9-14)23-15(10-16(22-23)17(19,20)21)11-2-4-12(18)5-3-11/h2-10H,1H3. The minimum absolute atomic E-state index is 0.361. The van der Waals surface area contributed by atoms with Crippen LogP contribution in [-0.2, 0) is 6.18 Å². The number of methoxy groups -OCH3 is 1. The number of rotatable bonds is 3. The molecule has 0 spiro atoms. The Kier molecular flexibility index (Phi) is 4.36. The van der Waals surface area contributed by atoms with Gasteiger partial charge in [0.1, 0.15) is 5.75 Å². The van der Waals surface area contributed by atoms with Crippen LogP contribution in [0.1, 0.15) is 5.69 Å². The second-order valence-electron chi connectivity index (χ2n) is 5.03. The van der Waals surface area contributed by atoms with Gasteiger partial charge in [-0.25, -0.2) is 4.68 Å². The van der Waals surface area contributed by atoms with Crippen molar-refractivity contribution in [3.8, 4) is 22.7 Å². The highest BCUT2D eigenvalue weighted by molar-refractivity contribution is 9.10.